The van der Waals surface area contributed by atoms with E-state index in [-0.39, 0.29) is 11.9 Å². The molecule has 2 nitrogen and oxygen atoms in total. The molecule has 0 radical (unpaired) electrons. The molecule has 0 bridgehead atoms. The summed E-state index contributed by atoms with van der Waals surface area (Å²) in [6.07, 6.45) is 0.454. The van der Waals surface area contributed by atoms with E-state index in [1.165, 1.54) is 17.4 Å². The van der Waals surface area contributed by atoms with Crippen molar-refractivity contribution in [1.29, 1.82) is 0 Å². The fourth-order valence-corrected chi connectivity index (χ4v) is 3.54. The normalized spacial score (nSPS) is 12.7. The van der Waals surface area contributed by atoms with E-state index in [1.807, 2.05) is 18.4 Å². The van der Waals surface area contributed by atoms with E-state index in [1.54, 1.807) is 6.07 Å². The van der Waals surface area contributed by atoms with E-state index in [9.17, 15) is 4.39 Å². The monoisotopic (exact) mass is 362 g/mol. The first-order valence-electron chi connectivity index (χ1n) is 5.66. The van der Waals surface area contributed by atoms with Gasteiger partial charge in [-0.05, 0) is 42.0 Å². The van der Waals surface area contributed by atoms with Gasteiger partial charge < -0.3 is 0 Å². The van der Waals surface area contributed by atoms with Crippen LogP contribution in [0.4, 0.5) is 4.39 Å². The molecule has 0 fully saturated rings. The highest BCUT2D eigenvalue weighted by Gasteiger charge is 2.19. The van der Waals surface area contributed by atoms with Crippen molar-refractivity contribution in [2.24, 2.45) is 5.84 Å². The van der Waals surface area contributed by atoms with Gasteiger partial charge in [-0.15, -0.1) is 11.3 Å². The summed E-state index contributed by atoms with van der Waals surface area (Å²) in [5.74, 6) is 5.33. The highest BCUT2D eigenvalue weighted by atomic mass is 79.9. The number of thiophene rings is 1. The average Bonchev–Trinajstić information content (AvgIpc) is 2.70. The van der Waals surface area contributed by atoms with Crippen molar-refractivity contribution in [3.8, 4) is 0 Å². The fourth-order valence-electron chi connectivity index (χ4n) is 1.82. The van der Waals surface area contributed by atoms with Gasteiger partial charge in [-0.25, -0.2) is 4.39 Å². The summed E-state index contributed by atoms with van der Waals surface area (Å²) in [5, 5.41) is 2.67. The molecular weight excluding hydrogens is 351 g/mol. The van der Waals surface area contributed by atoms with Crippen molar-refractivity contribution in [1.82, 2.24) is 5.43 Å². The lowest BCUT2D eigenvalue weighted by molar-refractivity contribution is 0.535. The molecule has 1 heterocycles. The highest BCUT2D eigenvalue weighted by molar-refractivity contribution is 9.10. The molecule has 0 aliphatic heterocycles. The van der Waals surface area contributed by atoms with Crippen molar-refractivity contribution in [2.75, 3.05) is 0 Å². The second kappa shape index (κ2) is 6.33. The summed E-state index contributed by atoms with van der Waals surface area (Å²) in [7, 11) is 0. The lowest BCUT2D eigenvalue weighted by Crippen LogP contribution is -2.29. The molecule has 1 unspecified atom stereocenters. The Kier molecular flexibility index (Phi) is 4.97. The van der Waals surface area contributed by atoms with E-state index < -0.39 is 0 Å². The van der Waals surface area contributed by atoms with Crippen LogP contribution in [0.3, 0.4) is 0 Å². The molecule has 0 aliphatic carbocycles. The number of nitrogens with one attached hydrogen (secondary N) is 1. The Balaban J connectivity index is 2.26. The Morgan fingerprint density at radius 1 is 1.53 bits per heavy atom. The molecule has 1 aromatic heterocycles. The van der Waals surface area contributed by atoms with Gasteiger partial charge in [0.2, 0.25) is 0 Å². The van der Waals surface area contributed by atoms with Crippen molar-refractivity contribution in [3.63, 3.8) is 0 Å². The summed E-state index contributed by atoms with van der Waals surface area (Å²) < 4.78 is 14.6. The second-order valence-electron chi connectivity index (χ2n) is 4.26. The summed E-state index contributed by atoms with van der Waals surface area (Å²) in [5.41, 5.74) is 4.33. The topological polar surface area (TPSA) is 38.0 Å². The van der Waals surface area contributed by atoms with Crippen LogP contribution in [0.2, 0.25) is 5.02 Å². The van der Waals surface area contributed by atoms with Gasteiger partial charge >= 0.3 is 0 Å². The largest absolute Gasteiger partial charge is 0.271 e. The maximum atomic E-state index is 13.8. The number of hydrazine groups is 1. The molecule has 2 aromatic rings. The molecule has 0 spiro atoms. The van der Waals surface area contributed by atoms with Gasteiger partial charge in [0.05, 0.1) is 11.1 Å². The molecule has 0 amide bonds. The molecule has 2 rings (SSSR count). The number of hydrogen-bond acceptors (Lipinski definition) is 3. The van der Waals surface area contributed by atoms with Crippen LogP contribution < -0.4 is 11.3 Å². The van der Waals surface area contributed by atoms with Crippen LogP contribution in [-0.4, -0.2) is 0 Å². The first kappa shape index (κ1) is 14.9. The lowest BCUT2D eigenvalue weighted by atomic mass is 10.0. The molecule has 0 saturated carbocycles. The number of nitrogens with two attached hydrogens (primary N) is 1. The summed E-state index contributed by atoms with van der Waals surface area (Å²) in [6.45, 7) is 1.94. The van der Waals surface area contributed by atoms with Gasteiger partial charge in [-0.2, -0.15) is 0 Å². The Bertz CT molecular complexity index is 588. The van der Waals surface area contributed by atoms with Crippen LogP contribution in [-0.2, 0) is 6.42 Å². The molecule has 19 heavy (non-hydrogen) atoms. The molecule has 0 saturated heterocycles. The van der Waals surface area contributed by atoms with Crippen LogP contribution in [0.1, 0.15) is 22.0 Å². The zero-order chi connectivity index (χ0) is 14.0. The Hall–Kier alpha value is -0.460. The van der Waals surface area contributed by atoms with E-state index >= 15 is 0 Å². The minimum absolute atomic E-state index is 0.193. The summed E-state index contributed by atoms with van der Waals surface area (Å²) in [6, 6.07) is 4.82. The molecule has 102 valence electrons. The van der Waals surface area contributed by atoms with Gasteiger partial charge in [-0.1, -0.05) is 33.6 Å². The predicted octanol–water partition coefficient (Wildman–Crippen LogP) is 4.36. The van der Waals surface area contributed by atoms with Gasteiger partial charge in [0.1, 0.15) is 5.82 Å². The molecular formula is C13H13BrClFN2S. The van der Waals surface area contributed by atoms with Crippen LogP contribution in [0, 0.1) is 12.7 Å². The van der Waals surface area contributed by atoms with Gasteiger partial charge in [0, 0.05) is 9.35 Å². The van der Waals surface area contributed by atoms with Crippen molar-refractivity contribution in [2.45, 2.75) is 19.4 Å². The Morgan fingerprint density at radius 3 is 2.79 bits per heavy atom. The highest BCUT2D eigenvalue weighted by Crippen LogP contribution is 2.34. The third-order valence-corrected chi connectivity index (χ3v) is 5.20. The minimum atomic E-state index is -0.251. The van der Waals surface area contributed by atoms with E-state index in [0.717, 1.165) is 14.9 Å². The van der Waals surface area contributed by atoms with Crippen molar-refractivity contribution >= 4 is 38.9 Å². The third-order valence-electron chi connectivity index (χ3n) is 2.88. The number of aryl methyl sites for hydroxylation is 1. The van der Waals surface area contributed by atoms with E-state index in [2.05, 4.69) is 21.4 Å². The van der Waals surface area contributed by atoms with Crippen LogP contribution in [0.5, 0.6) is 0 Å². The average molecular weight is 364 g/mol. The first-order chi connectivity index (χ1) is 9.02. The van der Waals surface area contributed by atoms with Crippen LogP contribution in [0.25, 0.3) is 0 Å². The van der Waals surface area contributed by atoms with Gasteiger partial charge in [0.15, 0.2) is 0 Å². The lowest BCUT2D eigenvalue weighted by Gasteiger charge is -2.15. The van der Waals surface area contributed by atoms with Crippen LogP contribution in [0.15, 0.2) is 28.1 Å². The minimum Gasteiger partial charge on any atom is -0.271 e. The quantitative estimate of drug-likeness (QED) is 0.626. The molecule has 6 heteroatoms. The zero-order valence-electron chi connectivity index (χ0n) is 10.2. The SMILES string of the molecule is Cc1csc(C(Cc2ccc(Br)cc2F)NN)c1Cl. The van der Waals surface area contributed by atoms with E-state index in [4.69, 9.17) is 17.4 Å². The molecule has 1 aromatic carbocycles. The first-order valence-corrected chi connectivity index (χ1v) is 7.71. The predicted molar refractivity (Wildman–Crippen MR) is 81.9 cm³/mol. The number of halogens is 3. The Labute approximate surface area is 128 Å². The van der Waals surface area contributed by atoms with Crippen molar-refractivity contribution < 1.29 is 4.39 Å². The molecule has 1 atom stereocenters. The zero-order valence-corrected chi connectivity index (χ0v) is 13.4. The van der Waals surface area contributed by atoms with E-state index in [0.29, 0.717) is 17.0 Å². The van der Waals surface area contributed by atoms with Crippen LogP contribution >= 0.6 is 38.9 Å². The number of rotatable bonds is 4. The molecule has 3 N–H and O–H groups in total. The number of hydrogen-bond donors (Lipinski definition) is 2. The maximum absolute atomic E-state index is 13.8. The van der Waals surface area contributed by atoms with Gasteiger partial charge in [0.25, 0.3) is 0 Å². The standard InChI is InChI=1S/C13H13BrClFN2S/c1-7-6-19-13(12(7)15)11(18-17)4-8-2-3-9(14)5-10(8)16/h2-3,5-6,11,18H,4,17H2,1H3. The third kappa shape index (κ3) is 3.35. The fraction of sp³-hybridized carbons (Fsp3) is 0.231. The molecule has 0 aliphatic rings. The smallest absolute Gasteiger partial charge is 0.127 e. The summed E-state index contributed by atoms with van der Waals surface area (Å²) in [4.78, 5) is 0.934. The van der Waals surface area contributed by atoms with Gasteiger partial charge in [-0.3, -0.25) is 11.3 Å². The maximum Gasteiger partial charge on any atom is 0.127 e. The summed E-state index contributed by atoms with van der Waals surface area (Å²) >= 11 is 11.0. The Morgan fingerprint density at radius 2 is 2.26 bits per heavy atom. The second-order valence-corrected chi connectivity index (χ2v) is 6.46. The van der Waals surface area contributed by atoms with Crippen molar-refractivity contribution in [3.05, 3.63) is 54.9 Å². The number of benzene rings is 1.